The van der Waals surface area contributed by atoms with E-state index in [-0.39, 0.29) is 5.54 Å². The number of aryl methyl sites for hydroxylation is 1. The van der Waals surface area contributed by atoms with Crippen molar-refractivity contribution in [2.45, 2.75) is 59.5 Å². The topological polar surface area (TPSA) is 24.9 Å². The van der Waals surface area contributed by atoms with Crippen molar-refractivity contribution in [3.8, 4) is 0 Å². The molecule has 92 valence electrons. The zero-order chi connectivity index (χ0) is 12.3. The van der Waals surface area contributed by atoms with E-state index in [0.717, 1.165) is 12.1 Å². The molecule has 1 rings (SSSR count). The maximum Gasteiger partial charge on any atom is 0.113 e. The van der Waals surface area contributed by atoms with Gasteiger partial charge in [0, 0.05) is 17.1 Å². The van der Waals surface area contributed by atoms with Crippen LogP contribution in [-0.2, 0) is 5.54 Å². The van der Waals surface area contributed by atoms with E-state index in [0.29, 0.717) is 12.0 Å². The second kappa shape index (κ2) is 5.28. The highest BCUT2D eigenvalue weighted by Gasteiger charge is 2.29. The maximum atomic E-state index is 4.62. The molecule has 0 aromatic carbocycles. The maximum absolute atomic E-state index is 4.62. The number of nitrogens with zero attached hydrogens (tertiary/aromatic N) is 1. The molecular formula is C13H24N2S. The molecule has 2 nitrogen and oxygen atoms in total. The van der Waals surface area contributed by atoms with E-state index >= 15 is 0 Å². The molecule has 3 heteroatoms. The first kappa shape index (κ1) is 13.7. The molecule has 1 N–H and O–H groups in total. The van der Waals surface area contributed by atoms with Crippen molar-refractivity contribution in [2.75, 3.05) is 0 Å². The molecule has 0 radical (unpaired) electrons. The van der Waals surface area contributed by atoms with Crippen LogP contribution < -0.4 is 5.32 Å². The molecule has 0 amide bonds. The van der Waals surface area contributed by atoms with Crippen molar-refractivity contribution >= 4 is 11.3 Å². The SMILES string of the molecule is CCC(C)(NC(C)C(C)C)c1nc(C)cs1. The molecule has 2 unspecified atom stereocenters. The second-order valence-electron chi connectivity index (χ2n) is 5.16. The molecule has 0 bridgehead atoms. The second-order valence-corrected chi connectivity index (χ2v) is 6.01. The van der Waals surface area contributed by atoms with Gasteiger partial charge in [0.15, 0.2) is 0 Å². The highest BCUT2D eigenvalue weighted by molar-refractivity contribution is 7.09. The molecule has 0 spiro atoms. The van der Waals surface area contributed by atoms with Gasteiger partial charge in [-0.15, -0.1) is 11.3 Å². The van der Waals surface area contributed by atoms with Gasteiger partial charge in [0.2, 0.25) is 0 Å². The quantitative estimate of drug-likeness (QED) is 0.848. The van der Waals surface area contributed by atoms with Gasteiger partial charge in [-0.3, -0.25) is 0 Å². The van der Waals surface area contributed by atoms with Crippen LogP contribution in [0.4, 0.5) is 0 Å². The van der Waals surface area contributed by atoms with E-state index in [4.69, 9.17) is 0 Å². The normalized spacial score (nSPS) is 17.4. The highest BCUT2D eigenvalue weighted by atomic mass is 32.1. The van der Waals surface area contributed by atoms with Gasteiger partial charge >= 0.3 is 0 Å². The first-order valence-electron chi connectivity index (χ1n) is 6.09. The number of hydrogen-bond acceptors (Lipinski definition) is 3. The molecule has 2 atom stereocenters. The zero-order valence-corrected chi connectivity index (χ0v) is 12.1. The molecule has 1 aromatic rings. The Bertz CT molecular complexity index is 332. The van der Waals surface area contributed by atoms with E-state index in [1.807, 2.05) is 0 Å². The number of nitrogens with one attached hydrogen (secondary N) is 1. The van der Waals surface area contributed by atoms with Crippen LogP contribution >= 0.6 is 11.3 Å². The summed E-state index contributed by atoms with van der Waals surface area (Å²) in [7, 11) is 0. The lowest BCUT2D eigenvalue weighted by molar-refractivity contribution is 0.275. The minimum absolute atomic E-state index is 0.0165. The lowest BCUT2D eigenvalue weighted by Gasteiger charge is -2.33. The van der Waals surface area contributed by atoms with Crippen LogP contribution in [0.15, 0.2) is 5.38 Å². The Hall–Kier alpha value is -0.410. The molecule has 1 aromatic heterocycles. The van der Waals surface area contributed by atoms with Crippen molar-refractivity contribution in [1.29, 1.82) is 0 Å². The summed E-state index contributed by atoms with van der Waals surface area (Å²) in [5, 5.41) is 7.06. The number of thiazole rings is 1. The summed E-state index contributed by atoms with van der Waals surface area (Å²) in [5.41, 5.74) is 1.14. The van der Waals surface area contributed by atoms with E-state index in [9.17, 15) is 0 Å². The van der Waals surface area contributed by atoms with Gasteiger partial charge in [0.1, 0.15) is 5.01 Å². The van der Waals surface area contributed by atoms with Crippen LogP contribution in [0.1, 0.15) is 51.7 Å². The molecule has 1 heterocycles. The van der Waals surface area contributed by atoms with Gasteiger partial charge in [-0.1, -0.05) is 20.8 Å². The monoisotopic (exact) mass is 240 g/mol. The van der Waals surface area contributed by atoms with Crippen LogP contribution in [0.5, 0.6) is 0 Å². The van der Waals surface area contributed by atoms with Crippen LogP contribution in [-0.4, -0.2) is 11.0 Å². The third-order valence-corrected chi connectivity index (χ3v) is 4.57. The first-order valence-corrected chi connectivity index (χ1v) is 6.97. The smallest absolute Gasteiger partial charge is 0.113 e. The summed E-state index contributed by atoms with van der Waals surface area (Å²) in [5.74, 6) is 0.645. The zero-order valence-electron chi connectivity index (χ0n) is 11.3. The van der Waals surface area contributed by atoms with Crippen LogP contribution in [0.25, 0.3) is 0 Å². The summed E-state index contributed by atoms with van der Waals surface area (Å²) >= 11 is 1.76. The third-order valence-electron chi connectivity index (χ3n) is 3.34. The Morgan fingerprint density at radius 3 is 2.44 bits per heavy atom. The molecule has 0 aliphatic carbocycles. The Labute approximate surface area is 103 Å². The predicted molar refractivity (Wildman–Crippen MR) is 71.9 cm³/mol. The Kier molecular flexibility index (Phi) is 4.51. The van der Waals surface area contributed by atoms with Crippen molar-refractivity contribution in [2.24, 2.45) is 5.92 Å². The van der Waals surface area contributed by atoms with Crippen molar-refractivity contribution in [3.63, 3.8) is 0 Å². The lowest BCUT2D eigenvalue weighted by atomic mass is 9.95. The fourth-order valence-corrected chi connectivity index (χ4v) is 2.59. The van der Waals surface area contributed by atoms with Crippen molar-refractivity contribution < 1.29 is 0 Å². The van der Waals surface area contributed by atoms with Gasteiger partial charge in [-0.25, -0.2) is 4.98 Å². The standard InChI is InChI=1S/C13H24N2S/c1-7-13(6,15-11(5)9(2)3)12-14-10(4)8-16-12/h8-9,11,15H,7H2,1-6H3. The molecule has 0 saturated carbocycles. The number of rotatable bonds is 5. The number of aromatic nitrogens is 1. The fraction of sp³-hybridized carbons (Fsp3) is 0.769. The lowest BCUT2D eigenvalue weighted by Crippen LogP contribution is -2.46. The van der Waals surface area contributed by atoms with Gasteiger partial charge in [0.05, 0.1) is 5.54 Å². The molecule has 0 aliphatic heterocycles. The summed E-state index contributed by atoms with van der Waals surface area (Å²) in [6, 6.07) is 0.508. The number of hydrogen-bond donors (Lipinski definition) is 1. The Morgan fingerprint density at radius 1 is 1.44 bits per heavy atom. The average molecular weight is 240 g/mol. The molecule has 0 fully saturated rings. The van der Waals surface area contributed by atoms with E-state index in [1.165, 1.54) is 5.01 Å². The van der Waals surface area contributed by atoms with Crippen molar-refractivity contribution in [1.82, 2.24) is 10.3 Å². The first-order chi connectivity index (χ1) is 7.39. The van der Waals surface area contributed by atoms with Crippen molar-refractivity contribution in [3.05, 3.63) is 16.1 Å². The van der Waals surface area contributed by atoms with E-state index in [2.05, 4.69) is 57.2 Å². The fourth-order valence-electron chi connectivity index (χ4n) is 1.59. The molecule has 0 saturated heterocycles. The predicted octanol–water partition coefficient (Wildman–Crippen LogP) is 3.71. The van der Waals surface area contributed by atoms with Crippen LogP contribution in [0, 0.1) is 12.8 Å². The minimum atomic E-state index is 0.0165. The van der Waals surface area contributed by atoms with Gasteiger partial charge in [-0.05, 0) is 33.1 Å². The van der Waals surface area contributed by atoms with E-state index in [1.54, 1.807) is 11.3 Å². The van der Waals surface area contributed by atoms with E-state index < -0.39 is 0 Å². The highest BCUT2D eigenvalue weighted by Crippen LogP contribution is 2.28. The molecular weight excluding hydrogens is 216 g/mol. The van der Waals surface area contributed by atoms with Gasteiger partial charge in [-0.2, -0.15) is 0 Å². The van der Waals surface area contributed by atoms with Gasteiger partial charge < -0.3 is 5.32 Å². The minimum Gasteiger partial charge on any atom is -0.303 e. The summed E-state index contributed by atoms with van der Waals surface area (Å²) in [6.07, 6.45) is 1.07. The largest absolute Gasteiger partial charge is 0.303 e. The summed E-state index contributed by atoms with van der Waals surface area (Å²) in [6.45, 7) is 13.3. The summed E-state index contributed by atoms with van der Waals surface area (Å²) < 4.78 is 0. The van der Waals surface area contributed by atoms with Gasteiger partial charge in [0.25, 0.3) is 0 Å². The van der Waals surface area contributed by atoms with Crippen LogP contribution in [0.3, 0.4) is 0 Å². The molecule has 16 heavy (non-hydrogen) atoms. The third kappa shape index (κ3) is 3.05. The van der Waals surface area contributed by atoms with Crippen LogP contribution in [0.2, 0.25) is 0 Å². The average Bonchev–Trinajstić information content (AvgIpc) is 2.65. The Balaban J connectivity index is 2.85. The molecule has 0 aliphatic rings. The Morgan fingerprint density at radius 2 is 2.06 bits per heavy atom. The summed E-state index contributed by atoms with van der Waals surface area (Å²) in [4.78, 5) is 4.62.